The molecular weight excluding hydrogens is 306 g/mol. The summed E-state index contributed by atoms with van der Waals surface area (Å²) in [7, 11) is 0. The van der Waals surface area contributed by atoms with Gasteiger partial charge < -0.3 is 15.1 Å². The molecule has 0 unspecified atom stereocenters. The van der Waals surface area contributed by atoms with Crippen molar-refractivity contribution < 1.29 is 14.0 Å². The molecule has 0 spiro atoms. The maximum atomic E-state index is 12.2. The Kier molecular flexibility index (Phi) is 4.38. The molecule has 0 atom stereocenters. The number of aryl methyl sites for hydroxylation is 1. The predicted molar refractivity (Wildman–Crippen MR) is 90.0 cm³/mol. The highest BCUT2D eigenvalue weighted by molar-refractivity contribution is 6.05. The van der Waals surface area contributed by atoms with Crippen molar-refractivity contribution in [2.45, 2.75) is 6.92 Å². The van der Waals surface area contributed by atoms with Crippen molar-refractivity contribution in [2.24, 2.45) is 0 Å². The normalized spacial score (nSPS) is 10.2. The highest BCUT2D eigenvalue weighted by Crippen LogP contribution is 2.13. The number of nitrogens with zero attached hydrogens (tertiary/aromatic N) is 1. The summed E-state index contributed by atoms with van der Waals surface area (Å²) >= 11 is 0. The van der Waals surface area contributed by atoms with E-state index in [0.29, 0.717) is 17.1 Å². The molecular formula is C18H15N3O3. The van der Waals surface area contributed by atoms with Crippen molar-refractivity contribution in [3.8, 4) is 0 Å². The fraction of sp³-hybridized carbons (Fsp3) is 0.0556. The Bertz CT molecular complexity index is 855. The zero-order valence-electron chi connectivity index (χ0n) is 12.9. The fourth-order valence-electron chi connectivity index (χ4n) is 2.11. The first-order valence-corrected chi connectivity index (χ1v) is 7.32. The number of rotatable bonds is 4. The maximum Gasteiger partial charge on any atom is 0.291 e. The molecule has 0 radical (unpaired) electrons. The summed E-state index contributed by atoms with van der Waals surface area (Å²) in [4.78, 5) is 28.3. The number of furan rings is 1. The van der Waals surface area contributed by atoms with Gasteiger partial charge in [0.1, 0.15) is 5.82 Å². The number of benzene rings is 1. The van der Waals surface area contributed by atoms with E-state index in [0.717, 1.165) is 5.69 Å². The van der Waals surface area contributed by atoms with E-state index in [1.807, 2.05) is 19.1 Å². The summed E-state index contributed by atoms with van der Waals surface area (Å²) in [5.74, 6) is 0.107. The van der Waals surface area contributed by atoms with Crippen LogP contribution in [0.2, 0.25) is 0 Å². The molecule has 2 N–H and O–H groups in total. The van der Waals surface area contributed by atoms with Gasteiger partial charge in [0.25, 0.3) is 11.8 Å². The van der Waals surface area contributed by atoms with Crippen molar-refractivity contribution in [1.82, 2.24) is 4.98 Å². The Balaban J connectivity index is 1.65. The molecule has 3 rings (SSSR count). The molecule has 1 aromatic carbocycles. The van der Waals surface area contributed by atoms with Gasteiger partial charge in [-0.25, -0.2) is 4.98 Å². The van der Waals surface area contributed by atoms with E-state index in [4.69, 9.17) is 4.42 Å². The summed E-state index contributed by atoms with van der Waals surface area (Å²) in [6.45, 7) is 1.85. The van der Waals surface area contributed by atoms with Gasteiger partial charge in [0.2, 0.25) is 0 Å². The number of amides is 2. The van der Waals surface area contributed by atoms with Crippen LogP contribution in [0.25, 0.3) is 0 Å². The van der Waals surface area contributed by atoms with Crippen LogP contribution >= 0.6 is 0 Å². The Morgan fingerprint density at radius 2 is 1.71 bits per heavy atom. The first-order chi connectivity index (χ1) is 11.6. The van der Waals surface area contributed by atoms with Crippen LogP contribution in [0.4, 0.5) is 11.5 Å². The largest absolute Gasteiger partial charge is 0.459 e. The second-order valence-electron chi connectivity index (χ2n) is 5.13. The van der Waals surface area contributed by atoms with Crippen molar-refractivity contribution in [2.75, 3.05) is 10.6 Å². The second kappa shape index (κ2) is 6.78. The lowest BCUT2D eigenvalue weighted by molar-refractivity contribution is 0.0995. The van der Waals surface area contributed by atoms with E-state index in [-0.39, 0.29) is 17.6 Å². The van der Waals surface area contributed by atoms with Gasteiger partial charge in [0.05, 0.1) is 6.26 Å². The lowest BCUT2D eigenvalue weighted by Crippen LogP contribution is -2.14. The van der Waals surface area contributed by atoms with Gasteiger partial charge in [-0.3, -0.25) is 9.59 Å². The first-order valence-electron chi connectivity index (χ1n) is 7.32. The maximum absolute atomic E-state index is 12.2. The number of pyridine rings is 1. The molecule has 2 heterocycles. The summed E-state index contributed by atoms with van der Waals surface area (Å²) in [5, 5.41) is 5.42. The minimum atomic E-state index is -0.346. The van der Waals surface area contributed by atoms with Gasteiger partial charge in [0.15, 0.2) is 5.76 Å². The Morgan fingerprint density at radius 3 is 2.38 bits per heavy atom. The number of hydrogen-bond acceptors (Lipinski definition) is 4. The summed E-state index contributed by atoms with van der Waals surface area (Å²) in [6, 6.07) is 15.2. The van der Waals surface area contributed by atoms with Gasteiger partial charge in [-0.15, -0.1) is 0 Å². The van der Waals surface area contributed by atoms with Crippen LogP contribution in [0.5, 0.6) is 0 Å². The number of anilines is 2. The van der Waals surface area contributed by atoms with E-state index < -0.39 is 0 Å². The average Bonchev–Trinajstić information content (AvgIpc) is 3.10. The van der Waals surface area contributed by atoms with E-state index >= 15 is 0 Å². The number of carbonyl (C=O) groups is 2. The molecule has 0 saturated carbocycles. The molecule has 3 aromatic rings. The highest BCUT2D eigenvalue weighted by atomic mass is 16.3. The Hall–Kier alpha value is -3.41. The third-order valence-electron chi connectivity index (χ3n) is 3.28. The predicted octanol–water partition coefficient (Wildman–Crippen LogP) is 3.49. The third-order valence-corrected chi connectivity index (χ3v) is 3.28. The van der Waals surface area contributed by atoms with Gasteiger partial charge >= 0.3 is 0 Å². The molecule has 0 bridgehead atoms. The van der Waals surface area contributed by atoms with Crippen LogP contribution < -0.4 is 10.6 Å². The van der Waals surface area contributed by atoms with Gasteiger partial charge in [-0.1, -0.05) is 6.07 Å². The molecule has 0 fully saturated rings. The molecule has 6 nitrogen and oxygen atoms in total. The Morgan fingerprint density at radius 1 is 0.917 bits per heavy atom. The second-order valence-corrected chi connectivity index (χ2v) is 5.13. The monoisotopic (exact) mass is 321 g/mol. The first kappa shape index (κ1) is 15.5. The molecule has 0 saturated heterocycles. The summed E-state index contributed by atoms with van der Waals surface area (Å²) in [6.07, 6.45) is 1.43. The van der Waals surface area contributed by atoms with Gasteiger partial charge in [-0.05, 0) is 55.5 Å². The number of hydrogen-bond donors (Lipinski definition) is 2. The topological polar surface area (TPSA) is 84.2 Å². The third kappa shape index (κ3) is 3.67. The molecule has 0 aliphatic carbocycles. The van der Waals surface area contributed by atoms with Crippen LogP contribution in [-0.2, 0) is 0 Å². The Labute approximate surface area is 138 Å². The van der Waals surface area contributed by atoms with E-state index in [1.54, 1.807) is 42.5 Å². The fourth-order valence-corrected chi connectivity index (χ4v) is 2.11. The van der Waals surface area contributed by atoms with Crippen LogP contribution in [0.15, 0.2) is 65.3 Å². The van der Waals surface area contributed by atoms with Gasteiger partial charge in [-0.2, -0.15) is 0 Å². The quantitative estimate of drug-likeness (QED) is 0.770. The molecule has 120 valence electrons. The number of carbonyl (C=O) groups excluding carboxylic acids is 2. The minimum Gasteiger partial charge on any atom is -0.459 e. The van der Waals surface area contributed by atoms with Crippen molar-refractivity contribution in [1.29, 1.82) is 0 Å². The lowest BCUT2D eigenvalue weighted by atomic mass is 10.2. The zero-order valence-corrected chi connectivity index (χ0v) is 12.9. The standard InChI is InChI=1S/C18H15N3O3/c1-12-4-2-6-16(19-12)21-17(22)13-7-9-14(10-8-13)20-18(23)15-5-3-11-24-15/h2-11H,1H3,(H,20,23)(H,19,21,22). The highest BCUT2D eigenvalue weighted by Gasteiger charge is 2.10. The molecule has 2 amide bonds. The van der Waals surface area contributed by atoms with E-state index in [1.165, 1.54) is 6.26 Å². The molecule has 0 aliphatic rings. The van der Waals surface area contributed by atoms with Crippen molar-refractivity contribution in [3.05, 3.63) is 77.9 Å². The average molecular weight is 321 g/mol. The van der Waals surface area contributed by atoms with Gasteiger partial charge in [0, 0.05) is 16.9 Å². The van der Waals surface area contributed by atoms with E-state index in [9.17, 15) is 9.59 Å². The van der Waals surface area contributed by atoms with Crippen molar-refractivity contribution >= 4 is 23.3 Å². The van der Waals surface area contributed by atoms with Crippen molar-refractivity contribution in [3.63, 3.8) is 0 Å². The number of aromatic nitrogens is 1. The smallest absolute Gasteiger partial charge is 0.291 e. The zero-order chi connectivity index (χ0) is 16.9. The SMILES string of the molecule is Cc1cccc(NC(=O)c2ccc(NC(=O)c3ccco3)cc2)n1. The number of nitrogens with one attached hydrogen (secondary N) is 2. The van der Waals surface area contributed by atoms with Crippen LogP contribution in [-0.4, -0.2) is 16.8 Å². The minimum absolute atomic E-state index is 0.224. The lowest BCUT2D eigenvalue weighted by Gasteiger charge is -2.07. The van der Waals surface area contributed by atoms with E-state index in [2.05, 4.69) is 15.6 Å². The van der Waals surface area contributed by atoms with Crippen LogP contribution in [0.1, 0.15) is 26.6 Å². The molecule has 0 aliphatic heterocycles. The molecule has 24 heavy (non-hydrogen) atoms. The van der Waals surface area contributed by atoms with Crippen LogP contribution in [0, 0.1) is 6.92 Å². The summed E-state index contributed by atoms with van der Waals surface area (Å²) < 4.78 is 5.02. The molecule has 2 aromatic heterocycles. The molecule has 6 heteroatoms. The van der Waals surface area contributed by atoms with Crippen LogP contribution in [0.3, 0.4) is 0 Å². The summed E-state index contributed by atoms with van der Waals surface area (Å²) in [5.41, 5.74) is 1.86.